The van der Waals surface area contributed by atoms with Gasteiger partial charge in [-0.15, -0.1) is 0 Å². The normalized spacial score (nSPS) is 30.0. The highest BCUT2D eigenvalue weighted by Crippen LogP contribution is 2.11. The third kappa shape index (κ3) is 1.01. The van der Waals surface area contributed by atoms with Crippen LogP contribution in [0.5, 0.6) is 0 Å². The molecule has 8 heavy (non-hydrogen) atoms. The SMILES string of the molecule is CNC[C@@H]1CCN1C. The molecule has 1 aliphatic heterocycles. The molecule has 1 heterocycles. The number of rotatable bonds is 2. The Bertz CT molecular complexity index is 72.9. The van der Waals surface area contributed by atoms with Crippen LogP contribution in [0.1, 0.15) is 6.42 Å². The number of nitrogens with zero attached hydrogens (tertiary/aromatic N) is 1. The van der Waals surface area contributed by atoms with E-state index in [0.717, 1.165) is 12.6 Å². The van der Waals surface area contributed by atoms with E-state index in [1.54, 1.807) is 0 Å². The third-order valence-electron chi connectivity index (χ3n) is 1.88. The largest absolute Gasteiger partial charge is 0.318 e. The molecule has 1 fully saturated rings. The van der Waals surface area contributed by atoms with Crippen LogP contribution in [0, 0.1) is 0 Å². The Morgan fingerprint density at radius 2 is 2.50 bits per heavy atom. The van der Waals surface area contributed by atoms with E-state index < -0.39 is 0 Å². The van der Waals surface area contributed by atoms with Crippen LogP contribution >= 0.6 is 0 Å². The van der Waals surface area contributed by atoms with E-state index >= 15 is 0 Å². The molecule has 0 unspecified atom stereocenters. The molecule has 1 saturated heterocycles. The Morgan fingerprint density at radius 1 is 1.75 bits per heavy atom. The maximum atomic E-state index is 3.16. The van der Waals surface area contributed by atoms with Gasteiger partial charge in [0.15, 0.2) is 0 Å². The topological polar surface area (TPSA) is 15.3 Å². The summed E-state index contributed by atoms with van der Waals surface area (Å²) < 4.78 is 0. The lowest BCUT2D eigenvalue weighted by Gasteiger charge is -2.37. The van der Waals surface area contributed by atoms with Crippen LogP contribution in [-0.2, 0) is 0 Å². The highest BCUT2D eigenvalue weighted by molar-refractivity contribution is 4.80. The fourth-order valence-corrected chi connectivity index (χ4v) is 1.06. The number of likely N-dealkylation sites (tertiary alicyclic amines) is 1. The van der Waals surface area contributed by atoms with Gasteiger partial charge < -0.3 is 10.2 Å². The average Bonchev–Trinajstić information content (AvgIpc) is 1.79. The second kappa shape index (κ2) is 2.46. The van der Waals surface area contributed by atoms with Gasteiger partial charge >= 0.3 is 0 Å². The van der Waals surface area contributed by atoms with Crippen LogP contribution in [-0.4, -0.2) is 38.1 Å². The summed E-state index contributed by atoms with van der Waals surface area (Å²) in [7, 11) is 4.18. The van der Waals surface area contributed by atoms with Gasteiger partial charge in [0, 0.05) is 12.6 Å². The zero-order valence-electron chi connectivity index (χ0n) is 5.65. The zero-order chi connectivity index (χ0) is 5.98. The van der Waals surface area contributed by atoms with E-state index in [1.807, 2.05) is 7.05 Å². The van der Waals surface area contributed by atoms with Gasteiger partial charge in [-0.1, -0.05) is 0 Å². The first kappa shape index (κ1) is 6.05. The molecule has 0 radical (unpaired) electrons. The van der Waals surface area contributed by atoms with Crippen molar-refractivity contribution in [2.75, 3.05) is 27.2 Å². The molecule has 48 valence electrons. The molecule has 1 aliphatic rings. The lowest BCUT2D eigenvalue weighted by atomic mass is 10.1. The average molecular weight is 114 g/mol. The first-order valence-corrected chi connectivity index (χ1v) is 3.19. The van der Waals surface area contributed by atoms with E-state index in [-0.39, 0.29) is 0 Å². The molecule has 1 N–H and O–H groups in total. The minimum Gasteiger partial charge on any atom is -0.318 e. The molecule has 0 saturated carbocycles. The number of hydrogen-bond acceptors (Lipinski definition) is 2. The van der Waals surface area contributed by atoms with E-state index in [9.17, 15) is 0 Å². The van der Waals surface area contributed by atoms with Crippen molar-refractivity contribution in [2.45, 2.75) is 12.5 Å². The predicted molar refractivity (Wildman–Crippen MR) is 35.0 cm³/mol. The molecule has 0 amide bonds. The van der Waals surface area contributed by atoms with E-state index in [0.29, 0.717) is 0 Å². The summed E-state index contributed by atoms with van der Waals surface area (Å²) in [5.74, 6) is 0. The van der Waals surface area contributed by atoms with E-state index in [1.165, 1.54) is 13.0 Å². The quantitative estimate of drug-likeness (QED) is 0.539. The van der Waals surface area contributed by atoms with E-state index in [2.05, 4.69) is 17.3 Å². The summed E-state index contributed by atoms with van der Waals surface area (Å²) >= 11 is 0. The summed E-state index contributed by atoms with van der Waals surface area (Å²) in [6, 6.07) is 0.819. The van der Waals surface area contributed by atoms with Gasteiger partial charge in [0.05, 0.1) is 0 Å². The number of nitrogens with one attached hydrogen (secondary N) is 1. The maximum Gasteiger partial charge on any atom is 0.0229 e. The monoisotopic (exact) mass is 114 g/mol. The number of likely N-dealkylation sites (N-methyl/N-ethyl adjacent to an activating group) is 2. The van der Waals surface area contributed by atoms with E-state index in [4.69, 9.17) is 0 Å². The van der Waals surface area contributed by atoms with Gasteiger partial charge in [-0.3, -0.25) is 0 Å². The van der Waals surface area contributed by atoms with Crippen molar-refractivity contribution < 1.29 is 0 Å². The smallest absolute Gasteiger partial charge is 0.0229 e. The lowest BCUT2D eigenvalue weighted by Crippen LogP contribution is -2.49. The summed E-state index contributed by atoms with van der Waals surface area (Å²) in [4.78, 5) is 2.37. The molecular formula is C6H14N2. The van der Waals surface area contributed by atoms with Crippen LogP contribution in [0.15, 0.2) is 0 Å². The standard InChI is InChI=1S/C6H14N2/c1-7-5-6-3-4-8(6)2/h6-7H,3-5H2,1-2H3/t6-/m0/s1. The lowest BCUT2D eigenvalue weighted by molar-refractivity contribution is 0.127. The van der Waals surface area contributed by atoms with Gasteiger partial charge in [0.2, 0.25) is 0 Å². The zero-order valence-corrected chi connectivity index (χ0v) is 5.65. The van der Waals surface area contributed by atoms with Gasteiger partial charge in [-0.25, -0.2) is 0 Å². The molecule has 0 aliphatic carbocycles. The van der Waals surface area contributed by atoms with Crippen molar-refractivity contribution >= 4 is 0 Å². The fourth-order valence-electron chi connectivity index (χ4n) is 1.06. The Morgan fingerprint density at radius 3 is 2.62 bits per heavy atom. The summed E-state index contributed by atoms with van der Waals surface area (Å²) in [6.45, 7) is 2.43. The molecule has 2 nitrogen and oxygen atoms in total. The molecular weight excluding hydrogens is 100 g/mol. The molecule has 1 rings (SSSR count). The molecule has 0 bridgehead atoms. The fraction of sp³-hybridized carbons (Fsp3) is 1.00. The molecule has 1 atom stereocenters. The van der Waals surface area contributed by atoms with Crippen LogP contribution < -0.4 is 5.32 Å². The first-order valence-electron chi connectivity index (χ1n) is 3.19. The Hall–Kier alpha value is -0.0800. The second-order valence-corrected chi connectivity index (χ2v) is 2.48. The minimum atomic E-state index is 0.819. The van der Waals surface area contributed by atoms with Crippen LogP contribution in [0.3, 0.4) is 0 Å². The van der Waals surface area contributed by atoms with Crippen LogP contribution in [0.2, 0.25) is 0 Å². The second-order valence-electron chi connectivity index (χ2n) is 2.48. The molecule has 0 aromatic carbocycles. The van der Waals surface area contributed by atoms with Crippen molar-refractivity contribution in [1.29, 1.82) is 0 Å². The molecule has 0 aromatic rings. The summed E-state index contributed by atoms with van der Waals surface area (Å²) in [5.41, 5.74) is 0. The first-order chi connectivity index (χ1) is 3.84. The van der Waals surface area contributed by atoms with Crippen molar-refractivity contribution in [3.8, 4) is 0 Å². The van der Waals surface area contributed by atoms with Crippen molar-refractivity contribution in [1.82, 2.24) is 10.2 Å². The Balaban J connectivity index is 2.08. The van der Waals surface area contributed by atoms with Crippen molar-refractivity contribution in [2.24, 2.45) is 0 Å². The molecule has 2 heteroatoms. The molecule has 0 spiro atoms. The highest BCUT2D eigenvalue weighted by atomic mass is 15.2. The summed E-state index contributed by atoms with van der Waals surface area (Å²) in [6.07, 6.45) is 1.37. The van der Waals surface area contributed by atoms with Crippen molar-refractivity contribution in [3.63, 3.8) is 0 Å². The maximum absolute atomic E-state index is 3.16. The Labute approximate surface area is 50.9 Å². The molecule has 0 aromatic heterocycles. The van der Waals surface area contributed by atoms with Gasteiger partial charge in [-0.2, -0.15) is 0 Å². The Kier molecular flexibility index (Phi) is 1.86. The van der Waals surface area contributed by atoms with Crippen molar-refractivity contribution in [3.05, 3.63) is 0 Å². The number of hydrogen-bond donors (Lipinski definition) is 1. The van der Waals surface area contributed by atoms with Gasteiger partial charge in [0.1, 0.15) is 0 Å². The van der Waals surface area contributed by atoms with Gasteiger partial charge in [-0.05, 0) is 27.1 Å². The summed E-state index contributed by atoms with van der Waals surface area (Å²) in [5, 5.41) is 3.16. The predicted octanol–water partition coefficient (Wildman–Crippen LogP) is -0.0901. The minimum absolute atomic E-state index is 0.819. The van der Waals surface area contributed by atoms with Crippen LogP contribution in [0.4, 0.5) is 0 Å². The van der Waals surface area contributed by atoms with Crippen LogP contribution in [0.25, 0.3) is 0 Å². The third-order valence-corrected chi connectivity index (χ3v) is 1.88. The van der Waals surface area contributed by atoms with Gasteiger partial charge in [0.25, 0.3) is 0 Å². The highest BCUT2D eigenvalue weighted by Gasteiger charge is 2.22.